The average molecular weight is 325 g/mol. The Morgan fingerprint density at radius 2 is 2.08 bits per heavy atom. The van der Waals surface area contributed by atoms with Gasteiger partial charge in [-0.1, -0.05) is 30.3 Å². The van der Waals surface area contributed by atoms with Crippen LogP contribution < -0.4 is 5.32 Å². The second-order valence-corrected chi connectivity index (χ2v) is 6.47. The van der Waals surface area contributed by atoms with Gasteiger partial charge in [-0.05, 0) is 18.4 Å². The van der Waals surface area contributed by atoms with Crippen molar-refractivity contribution in [2.45, 2.75) is 31.7 Å². The quantitative estimate of drug-likeness (QED) is 0.875. The molecular formula is C17H19N5O2. The molecule has 124 valence electrons. The lowest BCUT2D eigenvalue weighted by Gasteiger charge is -2.16. The molecule has 7 heteroatoms. The number of aromatic nitrogens is 3. The molecule has 24 heavy (non-hydrogen) atoms. The van der Waals surface area contributed by atoms with Gasteiger partial charge in [0.15, 0.2) is 0 Å². The first-order chi connectivity index (χ1) is 11.7. The average Bonchev–Trinajstić information content (AvgIpc) is 3.23. The van der Waals surface area contributed by atoms with E-state index in [1.54, 1.807) is 4.90 Å². The van der Waals surface area contributed by atoms with Crippen molar-refractivity contribution >= 4 is 17.8 Å². The maximum atomic E-state index is 12.4. The Labute approximate surface area is 139 Å². The zero-order valence-electron chi connectivity index (χ0n) is 13.2. The predicted octanol–water partition coefficient (Wildman–Crippen LogP) is 1.67. The van der Waals surface area contributed by atoms with Crippen LogP contribution in [0, 0.1) is 5.92 Å². The molecule has 1 atom stereocenters. The number of benzene rings is 1. The van der Waals surface area contributed by atoms with Crippen molar-refractivity contribution in [3.63, 3.8) is 0 Å². The molecule has 1 saturated carbocycles. The van der Waals surface area contributed by atoms with E-state index >= 15 is 0 Å². The Morgan fingerprint density at radius 1 is 1.29 bits per heavy atom. The Kier molecular flexibility index (Phi) is 3.76. The van der Waals surface area contributed by atoms with Crippen molar-refractivity contribution in [3.8, 4) is 0 Å². The molecule has 2 amide bonds. The van der Waals surface area contributed by atoms with Crippen LogP contribution in [0.4, 0.5) is 5.95 Å². The van der Waals surface area contributed by atoms with E-state index in [-0.39, 0.29) is 24.2 Å². The summed E-state index contributed by atoms with van der Waals surface area (Å²) < 4.78 is 0. The SMILES string of the molecule is O=C(Nc1n[nH]c(C2CC2)n1)[C@H]1CC(=O)N(Cc2ccccc2)C1. The molecule has 1 saturated heterocycles. The number of hydrogen-bond donors (Lipinski definition) is 2. The van der Waals surface area contributed by atoms with E-state index in [0.717, 1.165) is 24.2 Å². The summed E-state index contributed by atoms with van der Waals surface area (Å²) >= 11 is 0. The van der Waals surface area contributed by atoms with Gasteiger partial charge in [0.05, 0.1) is 5.92 Å². The molecule has 0 unspecified atom stereocenters. The lowest BCUT2D eigenvalue weighted by atomic mass is 10.1. The molecule has 1 aliphatic heterocycles. The minimum atomic E-state index is -0.357. The molecule has 2 fully saturated rings. The van der Waals surface area contributed by atoms with Crippen molar-refractivity contribution in [1.29, 1.82) is 0 Å². The molecule has 1 aromatic carbocycles. The fourth-order valence-corrected chi connectivity index (χ4v) is 2.99. The predicted molar refractivity (Wildman–Crippen MR) is 87.0 cm³/mol. The smallest absolute Gasteiger partial charge is 0.248 e. The molecule has 1 aliphatic carbocycles. The van der Waals surface area contributed by atoms with Gasteiger partial charge in [-0.25, -0.2) is 0 Å². The fraction of sp³-hybridized carbons (Fsp3) is 0.412. The number of hydrogen-bond acceptors (Lipinski definition) is 4. The zero-order chi connectivity index (χ0) is 16.5. The normalized spacial score (nSPS) is 20.4. The lowest BCUT2D eigenvalue weighted by Crippen LogP contribution is -2.28. The van der Waals surface area contributed by atoms with Crippen molar-refractivity contribution in [2.24, 2.45) is 5.92 Å². The second kappa shape index (κ2) is 6.07. The van der Waals surface area contributed by atoms with Crippen LogP contribution >= 0.6 is 0 Å². The van der Waals surface area contributed by atoms with Crippen molar-refractivity contribution in [1.82, 2.24) is 20.1 Å². The maximum absolute atomic E-state index is 12.4. The first-order valence-electron chi connectivity index (χ1n) is 8.24. The summed E-state index contributed by atoms with van der Waals surface area (Å²) in [6.07, 6.45) is 2.47. The van der Waals surface area contributed by atoms with E-state index < -0.39 is 0 Å². The number of likely N-dealkylation sites (tertiary alicyclic amines) is 1. The maximum Gasteiger partial charge on any atom is 0.248 e. The van der Waals surface area contributed by atoms with E-state index in [9.17, 15) is 9.59 Å². The van der Waals surface area contributed by atoms with E-state index in [1.165, 1.54) is 0 Å². The summed E-state index contributed by atoms with van der Waals surface area (Å²) in [7, 11) is 0. The first-order valence-corrected chi connectivity index (χ1v) is 8.24. The van der Waals surface area contributed by atoms with E-state index in [2.05, 4.69) is 20.5 Å². The number of rotatable bonds is 5. The highest BCUT2D eigenvalue weighted by Crippen LogP contribution is 2.38. The van der Waals surface area contributed by atoms with Crippen LogP contribution in [0.3, 0.4) is 0 Å². The topological polar surface area (TPSA) is 91.0 Å². The standard InChI is InChI=1S/C17H19N5O2/c23-14-8-13(10-22(14)9-11-4-2-1-3-5-11)16(24)19-17-18-15(20-21-17)12-6-7-12/h1-5,12-13H,6-10H2,(H2,18,19,20,21,24)/t13-/m0/s1. The molecule has 2 heterocycles. The van der Waals surface area contributed by atoms with Gasteiger partial charge in [0, 0.05) is 25.4 Å². The van der Waals surface area contributed by atoms with Crippen LogP contribution in [0.5, 0.6) is 0 Å². The van der Waals surface area contributed by atoms with Gasteiger partial charge in [-0.15, -0.1) is 5.10 Å². The van der Waals surface area contributed by atoms with E-state index in [1.807, 2.05) is 30.3 Å². The van der Waals surface area contributed by atoms with Crippen LogP contribution in [0.2, 0.25) is 0 Å². The third kappa shape index (κ3) is 3.15. The van der Waals surface area contributed by atoms with Crippen LogP contribution in [-0.4, -0.2) is 38.4 Å². The highest BCUT2D eigenvalue weighted by Gasteiger charge is 2.35. The fourth-order valence-electron chi connectivity index (χ4n) is 2.99. The third-order valence-corrected chi connectivity index (χ3v) is 4.50. The number of nitrogens with one attached hydrogen (secondary N) is 2. The minimum Gasteiger partial charge on any atom is -0.338 e. The lowest BCUT2D eigenvalue weighted by molar-refractivity contribution is -0.128. The van der Waals surface area contributed by atoms with Crippen molar-refractivity contribution in [2.75, 3.05) is 11.9 Å². The van der Waals surface area contributed by atoms with Gasteiger partial charge in [-0.3, -0.25) is 20.0 Å². The summed E-state index contributed by atoms with van der Waals surface area (Å²) in [5.41, 5.74) is 1.06. The summed E-state index contributed by atoms with van der Waals surface area (Å²) in [5.74, 6) is 1.05. The number of nitrogens with zero attached hydrogens (tertiary/aromatic N) is 3. The highest BCUT2D eigenvalue weighted by atomic mass is 16.2. The summed E-state index contributed by atoms with van der Waals surface area (Å²) in [4.78, 5) is 30.5. The molecule has 2 N–H and O–H groups in total. The zero-order valence-corrected chi connectivity index (χ0v) is 13.2. The van der Waals surface area contributed by atoms with Gasteiger partial charge < -0.3 is 4.90 Å². The number of anilines is 1. The molecule has 1 aromatic heterocycles. The summed E-state index contributed by atoms with van der Waals surface area (Å²) in [6, 6.07) is 9.79. The minimum absolute atomic E-state index is 0.00709. The first kappa shape index (κ1) is 14.9. The van der Waals surface area contributed by atoms with E-state index in [0.29, 0.717) is 25.0 Å². The van der Waals surface area contributed by atoms with Crippen LogP contribution in [0.25, 0.3) is 0 Å². The molecule has 7 nitrogen and oxygen atoms in total. The van der Waals surface area contributed by atoms with Gasteiger partial charge >= 0.3 is 0 Å². The Hall–Kier alpha value is -2.70. The Morgan fingerprint density at radius 3 is 2.83 bits per heavy atom. The molecule has 2 aromatic rings. The molecular weight excluding hydrogens is 306 g/mol. The van der Waals surface area contributed by atoms with Crippen molar-refractivity contribution < 1.29 is 9.59 Å². The number of amides is 2. The largest absolute Gasteiger partial charge is 0.338 e. The third-order valence-electron chi connectivity index (χ3n) is 4.50. The molecule has 0 bridgehead atoms. The van der Waals surface area contributed by atoms with Gasteiger partial charge in [-0.2, -0.15) is 4.98 Å². The number of carbonyl (C=O) groups excluding carboxylic acids is 2. The van der Waals surface area contributed by atoms with Crippen LogP contribution in [0.1, 0.15) is 36.6 Å². The Bertz CT molecular complexity index is 753. The van der Waals surface area contributed by atoms with Gasteiger partial charge in [0.25, 0.3) is 0 Å². The van der Waals surface area contributed by atoms with E-state index in [4.69, 9.17) is 0 Å². The van der Waals surface area contributed by atoms with Gasteiger partial charge in [0.2, 0.25) is 17.8 Å². The number of aromatic amines is 1. The summed E-state index contributed by atoms with van der Waals surface area (Å²) in [6.45, 7) is 0.968. The van der Waals surface area contributed by atoms with Crippen molar-refractivity contribution in [3.05, 3.63) is 41.7 Å². The molecule has 0 spiro atoms. The Balaban J connectivity index is 1.35. The monoisotopic (exact) mass is 325 g/mol. The second-order valence-electron chi connectivity index (χ2n) is 6.47. The summed E-state index contributed by atoms with van der Waals surface area (Å²) in [5, 5.41) is 9.61. The molecule has 2 aliphatic rings. The molecule has 0 radical (unpaired) electrons. The van der Waals surface area contributed by atoms with Gasteiger partial charge in [0.1, 0.15) is 5.82 Å². The number of carbonyl (C=O) groups is 2. The van der Waals surface area contributed by atoms with Crippen LogP contribution in [0.15, 0.2) is 30.3 Å². The molecule has 4 rings (SSSR count). The van der Waals surface area contributed by atoms with Crippen LogP contribution in [-0.2, 0) is 16.1 Å². The number of H-pyrrole nitrogens is 1. The highest BCUT2D eigenvalue weighted by molar-refractivity contribution is 5.96.